The van der Waals surface area contributed by atoms with Crippen LogP contribution in [0, 0.1) is 23.6 Å². The summed E-state index contributed by atoms with van der Waals surface area (Å²) in [5.74, 6) is 6.73. The van der Waals surface area contributed by atoms with Gasteiger partial charge in [0.25, 0.3) is 0 Å². The van der Waals surface area contributed by atoms with Gasteiger partial charge in [0.2, 0.25) is 0 Å². The van der Waals surface area contributed by atoms with Crippen LogP contribution in [-0.2, 0) is 6.42 Å². The summed E-state index contributed by atoms with van der Waals surface area (Å²) < 4.78 is 13.2. The van der Waals surface area contributed by atoms with Gasteiger partial charge in [0.15, 0.2) is 0 Å². The summed E-state index contributed by atoms with van der Waals surface area (Å²) in [7, 11) is 0. The Morgan fingerprint density at radius 3 is 3.00 bits per heavy atom. The highest BCUT2D eigenvalue weighted by Crippen LogP contribution is 2.16. The monoisotopic (exact) mass is 294 g/mol. The molecule has 22 heavy (non-hydrogen) atoms. The van der Waals surface area contributed by atoms with Gasteiger partial charge in [-0.1, -0.05) is 24.1 Å². The van der Waals surface area contributed by atoms with Crippen LogP contribution in [0.2, 0.25) is 0 Å². The molecule has 1 aromatic heterocycles. The Morgan fingerprint density at radius 2 is 2.18 bits per heavy atom. The van der Waals surface area contributed by atoms with Crippen LogP contribution in [-0.4, -0.2) is 29.5 Å². The van der Waals surface area contributed by atoms with E-state index >= 15 is 0 Å². The van der Waals surface area contributed by atoms with E-state index in [-0.39, 0.29) is 5.82 Å². The van der Waals surface area contributed by atoms with E-state index in [0.717, 1.165) is 43.7 Å². The van der Waals surface area contributed by atoms with E-state index in [9.17, 15) is 4.39 Å². The molecule has 0 radical (unpaired) electrons. The fourth-order valence-electron chi connectivity index (χ4n) is 2.75. The Kier molecular flexibility index (Phi) is 4.82. The molecule has 1 aromatic carbocycles. The Bertz CT molecular complexity index is 673. The molecule has 3 heteroatoms. The highest BCUT2D eigenvalue weighted by atomic mass is 19.1. The number of nitrogens with zero attached hydrogens (tertiary/aromatic N) is 2. The summed E-state index contributed by atoms with van der Waals surface area (Å²) in [5.41, 5.74) is 1.89. The topological polar surface area (TPSA) is 16.1 Å². The highest BCUT2D eigenvalue weighted by Gasteiger charge is 2.20. The molecule has 2 heterocycles. The standard InChI is InChI=1S/C19H19FN2/c20-18-5-3-4-16(14-18)9-12-22-13-10-17(15-22)7-8-19-6-1-2-11-21-19/h1-6,11,14,17H,9-10,12-13,15H2. The van der Waals surface area contributed by atoms with E-state index in [1.807, 2.05) is 24.3 Å². The summed E-state index contributed by atoms with van der Waals surface area (Å²) in [6.45, 7) is 3.03. The van der Waals surface area contributed by atoms with Crippen molar-refractivity contribution in [1.82, 2.24) is 9.88 Å². The second-order valence-corrected chi connectivity index (χ2v) is 5.65. The van der Waals surface area contributed by atoms with Crippen LogP contribution in [0.4, 0.5) is 4.39 Å². The molecule has 2 aromatic rings. The molecule has 0 bridgehead atoms. The number of benzene rings is 1. The molecule has 3 rings (SSSR count). The lowest BCUT2D eigenvalue weighted by molar-refractivity contribution is 0.337. The van der Waals surface area contributed by atoms with Gasteiger partial charge in [0.1, 0.15) is 11.5 Å². The molecule has 0 N–H and O–H groups in total. The zero-order valence-electron chi connectivity index (χ0n) is 12.5. The number of halogens is 1. The SMILES string of the molecule is Fc1cccc(CCN2CCC(C#Cc3ccccn3)C2)c1. The minimum absolute atomic E-state index is 0.155. The van der Waals surface area contributed by atoms with Crippen molar-refractivity contribution in [3.63, 3.8) is 0 Å². The van der Waals surface area contributed by atoms with Gasteiger partial charge >= 0.3 is 0 Å². The number of pyridine rings is 1. The maximum Gasteiger partial charge on any atom is 0.123 e. The van der Waals surface area contributed by atoms with E-state index in [1.54, 1.807) is 18.3 Å². The van der Waals surface area contributed by atoms with Crippen molar-refractivity contribution >= 4 is 0 Å². The third-order valence-electron chi connectivity index (χ3n) is 3.95. The van der Waals surface area contributed by atoms with Crippen molar-refractivity contribution in [3.05, 3.63) is 65.7 Å². The van der Waals surface area contributed by atoms with Crippen LogP contribution in [0.3, 0.4) is 0 Å². The first-order valence-corrected chi connectivity index (χ1v) is 7.69. The number of hydrogen-bond donors (Lipinski definition) is 0. The second-order valence-electron chi connectivity index (χ2n) is 5.65. The smallest absolute Gasteiger partial charge is 0.123 e. The molecule has 0 spiro atoms. The van der Waals surface area contributed by atoms with Crippen molar-refractivity contribution in [2.45, 2.75) is 12.8 Å². The largest absolute Gasteiger partial charge is 0.302 e. The number of rotatable bonds is 3. The summed E-state index contributed by atoms with van der Waals surface area (Å²) in [6.07, 6.45) is 3.76. The predicted octanol–water partition coefficient (Wildman–Crippen LogP) is 3.14. The van der Waals surface area contributed by atoms with Gasteiger partial charge < -0.3 is 4.90 Å². The molecule has 1 aliphatic rings. The van der Waals surface area contributed by atoms with E-state index in [2.05, 4.69) is 21.7 Å². The number of hydrogen-bond acceptors (Lipinski definition) is 2. The van der Waals surface area contributed by atoms with E-state index < -0.39 is 0 Å². The molecule has 1 fully saturated rings. The number of aromatic nitrogens is 1. The van der Waals surface area contributed by atoms with Gasteiger partial charge in [-0.05, 0) is 55.1 Å². The maximum absolute atomic E-state index is 13.2. The summed E-state index contributed by atoms with van der Waals surface area (Å²) in [5, 5.41) is 0. The van der Waals surface area contributed by atoms with Crippen LogP contribution in [0.1, 0.15) is 17.7 Å². The molecule has 1 atom stereocenters. The van der Waals surface area contributed by atoms with Gasteiger partial charge in [-0.2, -0.15) is 0 Å². The van der Waals surface area contributed by atoms with Crippen LogP contribution in [0.5, 0.6) is 0 Å². The average molecular weight is 294 g/mol. The minimum Gasteiger partial charge on any atom is -0.302 e. The van der Waals surface area contributed by atoms with Crippen LogP contribution in [0.15, 0.2) is 48.7 Å². The van der Waals surface area contributed by atoms with Gasteiger partial charge in [0.05, 0.1) is 0 Å². The summed E-state index contributed by atoms with van der Waals surface area (Å²) in [4.78, 5) is 6.63. The Morgan fingerprint density at radius 1 is 1.23 bits per heavy atom. The van der Waals surface area contributed by atoms with Crippen molar-refractivity contribution in [2.75, 3.05) is 19.6 Å². The minimum atomic E-state index is -0.155. The number of likely N-dealkylation sites (tertiary alicyclic amines) is 1. The third-order valence-corrected chi connectivity index (χ3v) is 3.95. The first-order valence-electron chi connectivity index (χ1n) is 7.69. The van der Waals surface area contributed by atoms with Crippen molar-refractivity contribution in [2.24, 2.45) is 5.92 Å². The lowest BCUT2D eigenvalue weighted by Gasteiger charge is -2.14. The normalized spacial score (nSPS) is 18.0. The predicted molar refractivity (Wildman–Crippen MR) is 85.8 cm³/mol. The van der Waals surface area contributed by atoms with Gasteiger partial charge in [-0.15, -0.1) is 0 Å². The summed E-state index contributed by atoms with van der Waals surface area (Å²) in [6, 6.07) is 12.7. The summed E-state index contributed by atoms with van der Waals surface area (Å²) >= 11 is 0. The molecular formula is C19H19FN2. The molecule has 2 nitrogen and oxygen atoms in total. The zero-order chi connectivity index (χ0) is 15.2. The van der Waals surface area contributed by atoms with Crippen LogP contribution in [0.25, 0.3) is 0 Å². The molecular weight excluding hydrogens is 275 g/mol. The van der Waals surface area contributed by atoms with Gasteiger partial charge in [0, 0.05) is 25.2 Å². The zero-order valence-corrected chi connectivity index (χ0v) is 12.5. The fourth-order valence-corrected chi connectivity index (χ4v) is 2.75. The fraction of sp³-hybridized carbons (Fsp3) is 0.316. The molecule has 1 unspecified atom stereocenters. The molecule has 0 aliphatic carbocycles. The van der Waals surface area contributed by atoms with E-state index in [4.69, 9.17) is 0 Å². The molecule has 0 saturated carbocycles. The van der Waals surface area contributed by atoms with Crippen LogP contribution >= 0.6 is 0 Å². The Hall–Kier alpha value is -2.18. The van der Waals surface area contributed by atoms with E-state index in [1.165, 1.54) is 6.07 Å². The van der Waals surface area contributed by atoms with Crippen LogP contribution < -0.4 is 0 Å². The van der Waals surface area contributed by atoms with Crippen molar-refractivity contribution in [1.29, 1.82) is 0 Å². The molecule has 0 amide bonds. The second kappa shape index (κ2) is 7.20. The van der Waals surface area contributed by atoms with E-state index in [0.29, 0.717) is 5.92 Å². The average Bonchev–Trinajstić information content (AvgIpc) is 3.00. The molecule has 1 aliphatic heterocycles. The van der Waals surface area contributed by atoms with Gasteiger partial charge in [-0.25, -0.2) is 9.37 Å². The highest BCUT2D eigenvalue weighted by molar-refractivity contribution is 5.28. The van der Waals surface area contributed by atoms with Crippen molar-refractivity contribution in [3.8, 4) is 11.8 Å². The maximum atomic E-state index is 13.2. The Balaban J connectivity index is 1.49. The van der Waals surface area contributed by atoms with Gasteiger partial charge in [-0.3, -0.25) is 0 Å². The first kappa shape index (κ1) is 14.7. The quantitative estimate of drug-likeness (QED) is 0.809. The Labute approximate surface area is 131 Å². The molecule has 112 valence electrons. The van der Waals surface area contributed by atoms with Crippen molar-refractivity contribution < 1.29 is 4.39 Å². The third kappa shape index (κ3) is 4.16. The lowest BCUT2D eigenvalue weighted by atomic mass is 10.1. The lowest BCUT2D eigenvalue weighted by Crippen LogP contribution is -2.23. The first-order chi connectivity index (χ1) is 10.8. The molecule has 1 saturated heterocycles.